The van der Waals surface area contributed by atoms with Gasteiger partial charge in [-0.25, -0.2) is 4.79 Å². The topological polar surface area (TPSA) is 92.4 Å². The average molecular weight is 393 g/mol. The highest BCUT2D eigenvalue weighted by Crippen LogP contribution is 2.20. The number of carboxylic acid groups (broad SMARTS) is 1. The number of nitrogens with zero attached hydrogens (tertiary/aromatic N) is 2. The molecule has 0 unspecified atom stereocenters. The molecule has 6 nitrogen and oxygen atoms in total. The normalized spacial score (nSPS) is 10.4. The van der Waals surface area contributed by atoms with Crippen LogP contribution in [0.2, 0.25) is 5.02 Å². The van der Waals surface area contributed by atoms with Crippen molar-refractivity contribution in [1.82, 2.24) is 9.78 Å². The van der Waals surface area contributed by atoms with E-state index < -0.39 is 23.0 Å². The van der Waals surface area contributed by atoms with Gasteiger partial charge in [0.15, 0.2) is 5.75 Å². The Morgan fingerprint density at radius 1 is 1.32 bits per heavy atom. The molecule has 0 aliphatic heterocycles. The molecule has 8 heteroatoms. The monoisotopic (exact) mass is 392 g/mol. The van der Waals surface area contributed by atoms with Crippen LogP contribution in [-0.4, -0.2) is 26.0 Å². The smallest absolute Gasteiger partial charge is 0.360 e. The average Bonchev–Trinajstić information content (AvgIpc) is 2.37. The van der Waals surface area contributed by atoms with Gasteiger partial charge in [0.25, 0.3) is 5.56 Å². The molecular formula is C11H6ClIN2O4. The quantitative estimate of drug-likeness (QED) is 0.762. The molecule has 2 N–H and O–H groups in total. The molecule has 1 aromatic carbocycles. The van der Waals surface area contributed by atoms with Crippen molar-refractivity contribution in [3.63, 3.8) is 0 Å². The molecule has 2 aromatic rings. The van der Waals surface area contributed by atoms with Gasteiger partial charge in [0.2, 0.25) is 5.69 Å². The molecule has 0 aliphatic carbocycles. The van der Waals surface area contributed by atoms with Gasteiger partial charge >= 0.3 is 5.97 Å². The van der Waals surface area contributed by atoms with E-state index in [2.05, 4.69) is 5.10 Å². The number of benzene rings is 1. The second-order valence-electron chi connectivity index (χ2n) is 3.51. The summed E-state index contributed by atoms with van der Waals surface area (Å²) in [5, 5.41) is 22.6. The summed E-state index contributed by atoms with van der Waals surface area (Å²) in [6.45, 7) is 0. The van der Waals surface area contributed by atoms with Gasteiger partial charge in [0.1, 0.15) is 3.57 Å². The summed E-state index contributed by atoms with van der Waals surface area (Å²) in [5.41, 5.74) is -0.834. The van der Waals surface area contributed by atoms with E-state index >= 15 is 0 Å². The van der Waals surface area contributed by atoms with Gasteiger partial charge in [-0.15, -0.1) is 0 Å². The Hall–Kier alpha value is -1.61. The van der Waals surface area contributed by atoms with Gasteiger partial charge in [-0.3, -0.25) is 4.79 Å². The van der Waals surface area contributed by atoms with Crippen LogP contribution in [0.5, 0.6) is 5.75 Å². The molecule has 0 fully saturated rings. The Kier molecular flexibility index (Phi) is 3.76. The van der Waals surface area contributed by atoms with Crippen molar-refractivity contribution in [2.45, 2.75) is 0 Å². The van der Waals surface area contributed by atoms with Crippen LogP contribution in [0.3, 0.4) is 0 Å². The summed E-state index contributed by atoms with van der Waals surface area (Å²) in [6, 6.07) is 6.14. The minimum Gasteiger partial charge on any atom is -0.504 e. The number of halogens is 2. The SMILES string of the molecule is O=C(O)c1nn(-c2ccc(Cl)cc2)c(=O)c(I)c1O. The zero-order valence-corrected chi connectivity index (χ0v) is 12.1. The number of carbonyl (C=O) groups is 1. The molecule has 1 heterocycles. The van der Waals surface area contributed by atoms with Crippen LogP contribution < -0.4 is 5.56 Å². The largest absolute Gasteiger partial charge is 0.504 e. The lowest BCUT2D eigenvalue weighted by Crippen LogP contribution is -2.26. The summed E-state index contributed by atoms with van der Waals surface area (Å²) in [6.07, 6.45) is 0. The molecule has 0 atom stereocenters. The number of hydrogen-bond donors (Lipinski definition) is 2. The van der Waals surface area contributed by atoms with E-state index in [0.717, 1.165) is 4.68 Å². The first-order valence-electron chi connectivity index (χ1n) is 4.93. The first-order chi connectivity index (χ1) is 8.91. The molecule has 2 rings (SSSR count). The predicted molar refractivity (Wildman–Crippen MR) is 76.2 cm³/mol. The van der Waals surface area contributed by atoms with E-state index in [1.807, 2.05) is 0 Å². The molecule has 0 spiro atoms. The summed E-state index contributed by atoms with van der Waals surface area (Å²) >= 11 is 7.31. The number of aromatic carboxylic acids is 1. The van der Waals surface area contributed by atoms with Crippen molar-refractivity contribution in [3.05, 3.63) is 48.9 Å². The van der Waals surface area contributed by atoms with Crippen LogP contribution in [0.1, 0.15) is 10.5 Å². The van der Waals surface area contributed by atoms with E-state index in [4.69, 9.17) is 16.7 Å². The van der Waals surface area contributed by atoms with Gasteiger partial charge in [-0.05, 0) is 46.9 Å². The number of rotatable bonds is 2. The van der Waals surface area contributed by atoms with Crippen LogP contribution in [0, 0.1) is 3.57 Å². The Morgan fingerprint density at radius 2 is 1.89 bits per heavy atom. The van der Waals surface area contributed by atoms with Crippen molar-refractivity contribution in [2.24, 2.45) is 0 Å². The first-order valence-corrected chi connectivity index (χ1v) is 6.38. The zero-order chi connectivity index (χ0) is 14.2. The Balaban J connectivity index is 2.74. The molecular weight excluding hydrogens is 386 g/mol. The number of hydrogen-bond acceptors (Lipinski definition) is 4. The Labute approximate surface area is 125 Å². The fourth-order valence-electron chi connectivity index (χ4n) is 1.39. The third kappa shape index (κ3) is 2.56. The molecule has 0 aliphatic rings. The van der Waals surface area contributed by atoms with Crippen LogP contribution in [-0.2, 0) is 0 Å². The molecule has 0 saturated heterocycles. The zero-order valence-electron chi connectivity index (χ0n) is 9.17. The summed E-state index contributed by atoms with van der Waals surface area (Å²) in [5.74, 6) is -2.05. The minimum atomic E-state index is -1.42. The van der Waals surface area contributed by atoms with Gasteiger partial charge < -0.3 is 10.2 Å². The molecule has 1 aromatic heterocycles. The highest BCUT2D eigenvalue weighted by Gasteiger charge is 2.20. The van der Waals surface area contributed by atoms with Gasteiger partial charge in [-0.1, -0.05) is 11.6 Å². The Bertz CT molecular complexity index is 712. The highest BCUT2D eigenvalue weighted by molar-refractivity contribution is 14.1. The van der Waals surface area contributed by atoms with E-state index in [0.29, 0.717) is 10.7 Å². The lowest BCUT2D eigenvalue weighted by molar-refractivity contribution is 0.0684. The van der Waals surface area contributed by atoms with Gasteiger partial charge in [0.05, 0.1) is 5.69 Å². The van der Waals surface area contributed by atoms with Crippen molar-refractivity contribution in [2.75, 3.05) is 0 Å². The molecule has 0 saturated carbocycles. The molecule has 98 valence electrons. The second kappa shape index (κ2) is 5.17. The predicted octanol–water partition coefficient (Wildman–Crippen LogP) is 1.89. The summed E-state index contributed by atoms with van der Waals surface area (Å²) in [7, 11) is 0. The lowest BCUT2D eigenvalue weighted by atomic mass is 10.3. The maximum atomic E-state index is 12.0. The first kappa shape index (κ1) is 13.8. The van der Waals surface area contributed by atoms with Crippen molar-refractivity contribution in [1.29, 1.82) is 0 Å². The fraction of sp³-hybridized carbons (Fsp3) is 0. The van der Waals surface area contributed by atoms with Crippen LogP contribution in [0.25, 0.3) is 5.69 Å². The third-order valence-corrected chi connectivity index (χ3v) is 3.51. The van der Waals surface area contributed by atoms with Crippen molar-refractivity contribution < 1.29 is 15.0 Å². The van der Waals surface area contributed by atoms with E-state index in [1.165, 1.54) is 12.1 Å². The van der Waals surface area contributed by atoms with E-state index in [9.17, 15) is 14.7 Å². The fourth-order valence-corrected chi connectivity index (χ4v) is 2.00. The number of carboxylic acids is 1. The summed E-state index contributed by atoms with van der Waals surface area (Å²) < 4.78 is 0.793. The number of aromatic nitrogens is 2. The van der Waals surface area contributed by atoms with Crippen LogP contribution in [0.4, 0.5) is 0 Å². The van der Waals surface area contributed by atoms with E-state index in [1.54, 1.807) is 34.7 Å². The second-order valence-corrected chi connectivity index (χ2v) is 5.02. The van der Waals surface area contributed by atoms with Crippen molar-refractivity contribution >= 4 is 40.2 Å². The minimum absolute atomic E-state index is 0.111. The standard InChI is InChI=1S/C11H6ClIN2O4/c12-5-1-3-6(4-2-5)15-10(17)7(13)9(16)8(14-15)11(18)19/h1-4,16H,(H,18,19). The lowest BCUT2D eigenvalue weighted by Gasteiger charge is -2.08. The Morgan fingerprint density at radius 3 is 2.42 bits per heavy atom. The molecule has 0 radical (unpaired) electrons. The molecule has 0 bridgehead atoms. The van der Waals surface area contributed by atoms with Crippen LogP contribution >= 0.6 is 34.2 Å². The maximum absolute atomic E-state index is 12.0. The van der Waals surface area contributed by atoms with Gasteiger partial charge in [0, 0.05) is 5.02 Å². The highest BCUT2D eigenvalue weighted by atomic mass is 127. The number of aromatic hydroxyl groups is 1. The third-order valence-electron chi connectivity index (χ3n) is 2.29. The van der Waals surface area contributed by atoms with Crippen LogP contribution in [0.15, 0.2) is 29.1 Å². The molecule has 19 heavy (non-hydrogen) atoms. The van der Waals surface area contributed by atoms with Gasteiger partial charge in [-0.2, -0.15) is 9.78 Å². The van der Waals surface area contributed by atoms with E-state index in [-0.39, 0.29) is 3.57 Å². The van der Waals surface area contributed by atoms with Crippen molar-refractivity contribution in [3.8, 4) is 11.4 Å². The summed E-state index contributed by atoms with van der Waals surface area (Å²) in [4.78, 5) is 22.9. The maximum Gasteiger partial charge on any atom is 0.360 e. The molecule has 0 amide bonds.